The summed E-state index contributed by atoms with van der Waals surface area (Å²) in [6.45, 7) is 6.85. The average Bonchev–Trinajstić information content (AvgIpc) is 2.85. The van der Waals surface area contributed by atoms with E-state index < -0.39 is 0 Å². The van der Waals surface area contributed by atoms with E-state index in [0.29, 0.717) is 5.92 Å². The molecule has 1 saturated carbocycles. The van der Waals surface area contributed by atoms with Crippen LogP contribution in [0.25, 0.3) is 0 Å². The molecule has 1 aromatic heterocycles. The maximum atomic E-state index is 6.38. The molecule has 3 heteroatoms. The monoisotopic (exact) mass is 299 g/mol. The average molecular weight is 300 g/mol. The molecule has 0 aliphatic heterocycles. The van der Waals surface area contributed by atoms with E-state index in [0.717, 1.165) is 29.9 Å². The first-order valence-corrected chi connectivity index (χ1v) is 8.95. The Balaban J connectivity index is 2.05. The highest BCUT2D eigenvalue weighted by Gasteiger charge is 2.32. The van der Waals surface area contributed by atoms with Crippen molar-refractivity contribution in [1.29, 1.82) is 0 Å². The van der Waals surface area contributed by atoms with Gasteiger partial charge in [-0.3, -0.25) is 0 Å². The fourth-order valence-corrected chi connectivity index (χ4v) is 4.70. The van der Waals surface area contributed by atoms with Crippen molar-refractivity contribution in [3.05, 3.63) is 21.3 Å². The molecular formula is C16H26ClNS. The van der Waals surface area contributed by atoms with Crippen LogP contribution < -0.4 is 5.32 Å². The van der Waals surface area contributed by atoms with Crippen LogP contribution in [0.2, 0.25) is 5.02 Å². The van der Waals surface area contributed by atoms with Crippen molar-refractivity contribution in [1.82, 2.24) is 5.32 Å². The molecule has 1 aliphatic rings. The van der Waals surface area contributed by atoms with Gasteiger partial charge in [0.15, 0.2) is 0 Å². The Morgan fingerprint density at radius 3 is 2.84 bits per heavy atom. The zero-order valence-electron chi connectivity index (χ0n) is 12.1. The fourth-order valence-electron chi connectivity index (χ4n) is 3.29. The molecule has 108 valence electrons. The molecule has 1 heterocycles. The van der Waals surface area contributed by atoms with Crippen molar-refractivity contribution in [3.63, 3.8) is 0 Å². The van der Waals surface area contributed by atoms with Crippen LogP contribution in [0.3, 0.4) is 0 Å². The van der Waals surface area contributed by atoms with Crippen molar-refractivity contribution >= 4 is 22.9 Å². The first-order chi connectivity index (χ1) is 9.26. The topological polar surface area (TPSA) is 12.0 Å². The molecule has 0 saturated heterocycles. The standard InChI is InChI=1S/C16H26ClNS/c1-3-8-18-11-13-6-5-12(4-2)10-14(13)16-15(17)7-9-19-16/h7,9,12-14,18H,3-6,8,10-11H2,1-2H3. The van der Waals surface area contributed by atoms with Gasteiger partial charge in [-0.05, 0) is 61.6 Å². The van der Waals surface area contributed by atoms with Gasteiger partial charge in [0.25, 0.3) is 0 Å². The van der Waals surface area contributed by atoms with Crippen LogP contribution in [0.15, 0.2) is 11.4 Å². The maximum Gasteiger partial charge on any atom is 0.0547 e. The van der Waals surface area contributed by atoms with Crippen molar-refractivity contribution in [2.75, 3.05) is 13.1 Å². The van der Waals surface area contributed by atoms with Gasteiger partial charge in [-0.2, -0.15) is 0 Å². The maximum absolute atomic E-state index is 6.38. The van der Waals surface area contributed by atoms with Crippen molar-refractivity contribution < 1.29 is 0 Å². The summed E-state index contributed by atoms with van der Waals surface area (Å²) in [5.74, 6) is 2.34. The van der Waals surface area contributed by atoms with E-state index in [-0.39, 0.29) is 0 Å². The van der Waals surface area contributed by atoms with Crippen LogP contribution in [0, 0.1) is 11.8 Å². The van der Waals surface area contributed by atoms with Gasteiger partial charge in [0.1, 0.15) is 0 Å². The second-order valence-corrected chi connectivity index (χ2v) is 7.15. The van der Waals surface area contributed by atoms with E-state index >= 15 is 0 Å². The first-order valence-electron chi connectivity index (χ1n) is 7.69. The second-order valence-electron chi connectivity index (χ2n) is 5.79. The smallest absolute Gasteiger partial charge is 0.0547 e. The van der Waals surface area contributed by atoms with Crippen LogP contribution in [0.4, 0.5) is 0 Å². The highest BCUT2D eigenvalue weighted by Crippen LogP contribution is 2.45. The van der Waals surface area contributed by atoms with Gasteiger partial charge in [0.2, 0.25) is 0 Å². The molecule has 19 heavy (non-hydrogen) atoms. The Hall–Kier alpha value is -0.0500. The Labute approximate surface area is 126 Å². The van der Waals surface area contributed by atoms with Crippen LogP contribution in [0.5, 0.6) is 0 Å². The Bertz CT molecular complexity index is 375. The van der Waals surface area contributed by atoms with Crippen LogP contribution in [0.1, 0.15) is 56.7 Å². The third-order valence-electron chi connectivity index (χ3n) is 4.49. The lowest BCUT2D eigenvalue weighted by atomic mass is 9.72. The van der Waals surface area contributed by atoms with E-state index in [1.807, 2.05) is 11.3 Å². The van der Waals surface area contributed by atoms with E-state index in [1.165, 1.54) is 37.0 Å². The van der Waals surface area contributed by atoms with Gasteiger partial charge in [0, 0.05) is 4.88 Å². The van der Waals surface area contributed by atoms with E-state index in [9.17, 15) is 0 Å². The summed E-state index contributed by atoms with van der Waals surface area (Å²) in [6, 6.07) is 2.06. The zero-order chi connectivity index (χ0) is 13.7. The molecule has 2 rings (SSSR count). The molecule has 0 bridgehead atoms. The second kappa shape index (κ2) is 7.66. The lowest BCUT2D eigenvalue weighted by molar-refractivity contribution is 0.228. The summed E-state index contributed by atoms with van der Waals surface area (Å²) in [5, 5.41) is 6.75. The van der Waals surface area contributed by atoms with Crippen molar-refractivity contribution in [3.8, 4) is 0 Å². The third-order valence-corrected chi connectivity index (χ3v) is 5.98. The molecule has 0 spiro atoms. The fraction of sp³-hybridized carbons (Fsp3) is 0.750. The summed E-state index contributed by atoms with van der Waals surface area (Å²) < 4.78 is 0. The predicted molar refractivity (Wildman–Crippen MR) is 86.4 cm³/mol. The molecule has 1 aromatic rings. The largest absolute Gasteiger partial charge is 0.316 e. The van der Waals surface area contributed by atoms with Crippen molar-refractivity contribution in [2.45, 2.75) is 51.9 Å². The van der Waals surface area contributed by atoms with E-state index in [2.05, 4.69) is 30.6 Å². The first kappa shape index (κ1) is 15.3. The van der Waals surface area contributed by atoms with Crippen LogP contribution >= 0.6 is 22.9 Å². The highest BCUT2D eigenvalue weighted by atomic mass is 35.5. The molecular weight excluding hydrogens is 274 g/mol. The zero-order valence-corrected chi connectivity index (χ0v) is 13.7. The molecule has 0 aromatic carbocycles. The molecule has 1 N–H and O–H groups in total. The molecule has 0 radical (unpaired) electrons. The van der Waals surface area contributed by atoms with Crippen LogP contribution in [-0.4, -0.2) is 13.1 Å². The summed E-state index contributed by atoms with van der Waals surface area (Å²) in [6.07, 6.45) is 6.61. The summed E-state index contributed by atoms with van der Waals surface area (Å²) >= 11 is 8.23. The number of nitrogens with one attached hydrogen (secondary N) is 1. The Morgan fingerprint density at radius 1 is 1.37 bits per heavy atom. The highest BCUT2D eigenvalue weighted by molar-refractivity contribution is 7.10. The van der Waals surface area contributed by atoms with Gasteiger partial charge in [-0.15, -0.1) is 11.3 Å². The number of thiophene rings is 1. The lowest BCUT2D eigenvalue weighted by Crippen LogP contribution is -2.32. The molecule has 0 amide bonds. The molecule has 1 aliphatic carbocycles. The third kappa shape index (κ3) is 3.96. The van der Waals surface area contributed by atoms with Gasteiger partial charge >= 0.3 is 0 Å². The predicted octanol–water partition coefficient (Wildman–Crippen LogP) is 5.31. The van der Waals surface area contributed by atoms with Gasteiger partial charge in [0.05, 0.1) is 5.02 Å². The van der Waals surface area contributed by atoms with Gasteiger partial charge in [-0.1, -0.05) is 38.3 Å². The summed E-state index contributed by atoms with van der Waals surface area (Å²) in [7, 11) is 0. The summed E-state index contributed by atoms with van der Waals surface area (Å²) in [4.78, 5) is 1.43. The van der Waals surface area contributed by atoms with Crippen LogP contribution in [-0.2, 0) is 0 Å². The van der Waals surface area contributed by atoms with Gasteiger partial charge < -0.3 is 5.32 Å². The lowest BCUT2D eigenvalue weighted by Gasteiger charge is -2.36. The number of halogens is 1. The normalized spacial score (nSPS) is 27.6. The van der Waals surface area contributed by atoms with E-state index in [4.69, 9.17) is 11.6 Å². The minimum absolute atomic E-state index is 0.676. The number of hydrogen-bond donors (Lipinski definition) is 1. The number of rotatable bonds is 6. The van der Waals surface area contributed by atoms with E-state index in [1.54, 1.807) is 0 Å². The summed E-state index contributed by atoms with van der Waals surface area (Å²) in [5.41, 5.74) is 0. The molecule has 1 nitrogen and oxygen atoms in total. The molecule has 3 atom stereocenters. The molecule has 3 unspecified atom stereocenters. The minimum atomic E-state index is 0.676. The molecule has 1 fully saturated rings. The Kier molecular flexibility index (Phi) is 6.18. The van der Waals surface area contributed by atoms with Gasteiger partial charge in [-0.25, -0.2) is 0 Å². The van der Waals surface area contributed by atoms with Crippen molar-refractivity contribution in [2.24, 2.45) is 11.8 Å². The Morgan fingerprint density at radius 2 is 2.21 bits per heavy atom. The minimum Gasteiger partial charge on any atom is -0.316 e. The number of hydrogen-bond acceptors (Lipinski definition) is 2. The quantitative estimate of drug-likeness (QED) is 0.702. The SMILES string of the molecule is CCCNCC1CCC(CC)CC1c1sccc1Cl.